The molecule has 4 heteroatoms. The van der Waals surface area contributed by atoms with Crippen LogP contribution in [0.15, 0.2) is 54.3 Å². The van der Waals surface area contributed by atoms with Crippen molar-refractivity contribution in [2.45, 2.75) is 181 Å². The summed E-state index contributed by atoms with van der Waals surface area (Å²) in [4.78, 5) is 5.57. The second kappa shape index (κ2) is 20.5. The minimum atomic E-state index is -0.300. The summed E-state index contributed by atoms with van der Waals surface area (Å²) >= 11 is 0. The standard InChI is InChI=1S/C46H72N4/c1-4-7-10-13-16-22-27-40-41-34-49(32-23-17-14-11-8-5-2)36-43(41)45(44-37-50(35-42(40)44)33-24-18-15-12-9-6-3)48-46(30-28-39(47)29-31-46)38-25-20-19-21-26-38/h19-21,25-26,28-30,48H,4-18,22-24,27,31-37,47H2,1-3H3. The SMILES string of the molecule is CCCCCCCCc1c2c(c(NC3(c4ccccc4)C=CC(N)=CC3)c3c1CN(CCCCCCCC)C3)CN(CCCCCCCC)C2. The van der Waals surface area contributed by atoms with Crippen molar-refractivity contribution in [1.29, 1.82) is 0 Å². The Morgan fingerprint density at radius 1 is 0.600 bits per heavy atom. The zero-order valence-electron chi connectivity index (χ0n) is 32.5. The van der Waals surface area contributed by atoms with Gasteiger partial charge in [-0.1, -0.05) is 160 Å². The van der Waals surface area contributed by atoms with Crippen LogP contribution in [0, 0.1) is 0 Å². The fraction of sp³-hybridized carbons (Fsp3) is 0.652. The van der Waals surface area contributed by atoms with Crippen molar-refractivity contribution < 1.29 is 0 Å². The van der Waals surface area contributed by atoms with Gasteiger partial charge in [0.15, 0.2) is 0 Å². The minimum Gasteiger partial charge on any atom is -0.399 e. The van der Waals surface area contributed by atoms with Crippen LogP contribution >= 0.6 is 0 Å². The lowest BCUT2D eigenvalue weighted by atomic mass is 9.81. The normalized spacial score (nSPS) is 18.8. The summed E-state index contributed by atoms with van der Waals surface area (Å²) in [6.07, 6.45) is 33.3. The summed E-state index contributed by atoms with van der Waals surface area (Å²) in [7, 11) is 0. The molecule has 0 radical (unpaired) electrons. The van der Waals surface area contributed by atoms with Gasteiger partial charge < -0.3 is 11.1 Å². The molecule has 0 fully saturated rings. The summed E-state index contributed by atoms with van der Waals surface area (Å²) in [5.74, 6) is 0. The maximum atomic E-state index is 6.35. The van der Waals surface area contributed by atoms with Crippen molar-refractivity contribution in [3.63, 3.8) is 0 Å². The molecule has 3 N–H and O–H groups in total. The fourth-order valence-corrected chi connectivity index (χ4v) is 8.84. The van der Waals surface area contributed by atoms with Crippen molar-refractivity contribution in [3.8, 4) is 0 Å². The van der Waals surface area contributed by atoms with Crippen LogP contribution in [0.25, 0.3) is 0 Å². The first kappa shape index (κ1) is 38.7. The van der Waals surface area contributed by atoms with Crippen molar-refractivity contribution >= 4 is 5.69 Å². The Hall–Kier alpha value is -2.56. The molecule has 2 aliphatic heterocycles. The highest BCUT2D eigenvalue weighted by molar-refractivity contribution is 5.70. The molecule has 1 unspecified atom stereocenters. The third kappa shape index (κ3) is 10.5. The number of fused-ring (bicyclic) bond motifs is 2. The van der Waals surface area contributed by atoms with Gasteiger partial charge in [-0.3, -0.25) is 9.80 Å². The number of nitrogens with two attached hydrogens (primary N) is 1. The molecule has 0 bridgehead atoms. The van der Waals surface area contributed by atoms with Crippen LogP contribution in [-0.4, -0.2) is 22.9 Å². The summed E-state index contributed by atoms with van der Waals surface area (Å²) in [5, 5.41) is 4.33. The van der Waals surface area contributed by atoms with Crippen LogP contribution in [-0.2, 0) is 38.1 Å². The first-order valence-corrected chi connectivity index (χ1v) is 21.2. The molecule has 3 aliphatic rings. The van der Waals surface area contributed by atoms with E-state index in [-0.39, 0.29) is 5.54 Å². The molecule has 0 amide bonds. The van der Waals surface area contributed by atoms with E-state index < -0.39 is 0 Å². The van der Waals surface area contributed by atoms with Crippen LogP contribution in [0.5, 0.6) is 0 Å². The van der Waals surface area contributed by atoms with E-state index in [1.54, 1.807) is 27.8 Å². The molecule has 2 aromatic carbocycles. The Bertz CT molecular complexity index is 1310. The van der Waals surface area contributed by atoms with Gasteiger partial charge in [-0.05, 0) is 84.7 Å². The highest BCUT2D eigenvalue weighted by atomic mass is 15.2. The van der Waals surface area contributed by atoms with Gasteiger partial charge in [0, 0.05) is 37.6 Å². The molecule has 2 aromatic rings. The van der Waals surface area contributed by atoms with Gasteiger partial charge in [0.1, 0.15) is 0 Å². The molecule has 5 rings (SSSR count). The number of hydrogen-bond donors (Lipinski definition) is 2. The largest absolute Gasteiger partial charge is 0.399 e. The molecule has 0 saturated heterocycles. The van der Waals surface area contributed by atoms with Crippen LogP contribution in [0.4, 0.5) is 5.69 Å². The van der Waals surface area contributed by atoms with E-state index in [2.05, 4.69) is 84.4 Å². The average molecular weight is 681 g/mol. The third-order valence-corrected chi connectivity index (χ3v) is 11.9. The first-order valence-electron chi connectivity index (χ1n) is 21.2. The zero-order valence-corrected chi connectivity index (χ0v) is 32.5. The van der Waals surface area contributed by atoms with Crippen LogP contribution in [0.2, 0.25) is 0 Å². The van der Waals surface area contributed by atoms with E-state index in [4.69, 9.17) is 5.73 Å². The van der Waals surface area contributed by atoms with Crippen molar-refractivity contribution in [3.05, 3.63) is 87.6 Å². The second-order valence-corrected chi connectivity index (χ2v) is 15.9. The molecule has 2 heterocycles. The highest BCUT2D eigenvalue weighted by Gasteiger charge is 2.38. The van der Waals surface area contributed by atoms with Crippen LogP contribution in [0.1, 0.15) is 176 Å². The lowest BCUT2D eigenvalue weighted by Gasteiger charge is -2.37. The number of nitrogens with zero attached hydrogens (tertiary/aromatic N) is 2. The van der Waals surface area contributed by atoms with E-state index in [1.807, 2.05) is 0 Å². The van der Waals surface area contributed by atoms with E-state index in [0.717, 1.165) is 38.3 Å². The van der Waals surface area contributed by atoms with Gasteiger partial charge >= 0.3 is 0 Å². The Morgan fingerprint density at radius 3 is 1.58 bits per heavy atom. The highest BCUT2D eigenvalue weighted by Crippen LogP contribution is 2.46. The predicted octanol–water partition coefficient (Wildman–Crippen LogP) is 12.1. The fourth-order valence-electron chi connectivity index (χ4n) is 8.84. The molecule has 1 atom stereocenters. The molecular weight excluding hydrogens is 609 g/mol. The summed E-state index contributed by atoms with van der Waals surface area (Å²) < 4.78 is 0. The molecule has 4 nitrogen and oxygen atoms in total. The van der Waals surface area contributed by atoms with Gasteiger partial charge in [-0.2, -0.15) is 0 Å². The molecule has 0 spiro atoms. The first-order chi connectivity index (χ1) is 24.6. The topological polar surface area (TPSA) is 44.5 Å². The minimum absolute atomic E-state index is 0.300. The van der Waals surface area contributed by atoms with Crippen LogP contribution in [0.3, 0.4) is 0 Å². The van der Waals surface area contributed by atoms with Crippen molar-refractivity contribution in [2.75, 3.05) is 18.4 Å². The Labute approximate surface area is 307 Å². The van der Waals surface area contributed by atoms with Crippen LogP contribution < -0.4 is 11.1 Å². The average Bonchev–Trinajstić information content (AvgIpc) is 3.76. The number of anilines is 1. The number of unbranched alkanes of at least 4 members (excludes halogenated alkanes) is 15. The van der Waals surface area contributed by atoms with Gasteiger partial charge in [0.2, 0.25) is 0 Å². The molecule has 1 aliphatic carbocycles. The zero-order chi connectivity index (χ0) is 35.0. The van der Waals surface area contributed by atoms with E-state index >= 15 is 0 Å². The predicted molar refractivity (Wildman–Crippen MR) is 216 cm³/mol. The Balaban J connectivity index is 1.45. The van der Waals surface area contributed by atoms with Gasteiger partial charge in [-0.15, -0.1) is 0 Å². The number of rotatable bonds is 24. The number of nitrogens with one attached hydrogen (secondary N) is 1. The van der Waals surface area contributed by atoms with Crippen molar-refractivity contribution in [2.24, 2.45) is 5.73 Å². The van der Waals surface area contributed by atoms with Gasteiger partial charge in [0.05, 0.1) is 5.54 Å². The van der Waals surface area contributed by atoms with Crippen molar-refractivity contribution in [1.82, 2.24) is 9.80 Å². The van der Waals surface area contributed by atoms with E-state index in [1.165, 1.54) is 146 Å². The Kier molecular flexibility index (Phi) is 15.8. The summed E-state index contributed by atoms with van der Waals surface area (Å²) in [6, 6.07) is 11.1. The molecule has 50 heavy (non-hydrogen) atoms. The molecule has 276 valence electrons. The third-order valence-electron chi connectivity index (χ3n) is 11.9. The maximum Gasteiger partial charge on any atom is 0.0849 e. The Morgan fingerprint density at radius 2 is 1.08 bits per heavy atom. The lowest BCUT2D eigenvalue weighted by molar-refractivity contribution is 0.272. The number of hydrogen-bond acceptors (Lipinski definition) is 4. The number of benzene rings is 2. The van der Waals surface area contributed by atoms with E-state index in [0.29, 0.717) is 0 Å². The summed E-state index contributed by atoms with van der Waals surface area (Å²) in [6.45, 7) is 13.8. The van der Waals surface area contributed by atoms with Gasteiger partial charge in [-0.25, -0.2) is 0 Å². The smallest absolute Gasteiger partial charge is 0.0849 e. The van der Waals surface area contributed by atoms with E-state index in [9.17, 15) is 0 Å². The number of allylic oxidation sites excluding steroid dienone is 1. The monoisotopic (exact) mass is 681 g/mol. The molecule has 0 saturated carbocycles. The second-order valence-electron chi connectivity index (χ2n) is 15.9. The summed E-state index contributed by atoms with van der Waals surface area (Å²) in [5.41, 5.74) is 18.0. The quantitative estimate of drug-likeness (QED) is 0.108. The lowest BCUT2D eigenvalue weighted by Crippen LogP contribution is -2.35. The molecular formula is C46H72N4. The maximum absolute atomic E-state index is 6.35. The molecule has 0 aromatic heterocycles. The van der Waals surface area contributed by atoms with Gasteiger partial charge in [0.25, 0.3) is 0 Å².